The molecule has 7 nitrogen and oxygen atoms in total. The summed E-state index contributed by atoms with van der Waals surface area (Å²) in [6.45, 7) is 0. The maximum atomic E-state index is 10.9. The zero-order valence-corrected chi connectivity index (χ0v) is 9.33. The Kier molecular flexibility index (Phi) is 4.63. The third kappa shape index (κ3) is 3.75. The molecule has 0 bridgehead atoms. The maximum Gasteiger partial charge on any atom is 0.326 e. The highest BCUT2D eigenvalue weighted by Gasteiger charge is 2.20. The van der Waals surface area contributed by atoms with Gasteiger partial charge in [-0.25, -0.2) is 9.78 Å². The van der Waals surface area contributed by atoms with Crippen molar-refractivity contribution in [1.29, 1.82) is 5.26 Å². The van der Waals surface area contributed by atoms with Crippen molar-refractivity contribution >= 4 is 17.8 Å². The number of hydrogen-bond acceptors (Lipinski definition) is 5. The highest BCUT2D eigenvalue weighted by atomic mass is 16.4. The van der Waals surface area contributed by atoms with Gasteiger partial charge in [-0.15, -0.1) is 0 Å². The molecule has 0 aliphatic rings. The standard InChI is InChI=1S/C11H11N3O4/c12-6-7-2-1-5-13-10(7)14-8(11(17)18)3-4-9(15)16/h1-2,5,8H,3-4H2,(H,13,14)(H,15,16)(H,17,18). The summed E-state index contributed by atoms with van der Waals surface area (Å²) in [6.07, 6.45) is 1.05. The SMILES string of the molecule is N#Cc1cccnc1NC(CCC(=O)O)C(=O)O. The zero-order valence-electron chi connectivity index (χ0n) is 9.33. The number of aliphatic carboxylic acids is 2. The van der Waals surface area contributed by atoms with E-state index in [1.165, 1.54) is 12.3 Å². The number of carbonyl (C=O) groups is 2. The van der Waals surface area contributed by atoms with Crippen LogP contribution in [0, 0.1) is 11.3 Å². The summed E-state index contributed by atoms with van der Waals surface area (Å²) in [5, 5.41) is 28.8. The summed E-state index contributed by atoms with van der Waals surface area (Å²) in [5.74, 6) is -2.13. The number of carboxylic acids is 2. The number of nitrogens with one attached hydrogen (secondary N) is 1. The van der Waals surface area contributed by atoms with E-state index in [-0.39, 0.29) is 24.2 Å². The van der Waals surface area contributed by atoms with Gasteiger partial charge in [-0.1, -0.05) is 0 Å². The summed E-state index contributed by atoms with van der Waals surface area (Å²) in [6, 6.07) is 3.82. The molecule has 0 fully saturated rings. The molecule has 0 aliphatic carbocycles. The Morgan fingerprint density at radius 3 is 2.78 bits per heavy atom. The summed E-state index contributed by atoms with van der Waals surface area (Å²) >= 11 is 0. The van der Waals surface area contributed by atoms with Crippen LogP contribution in [0.5, 0.6) is 0 Å². The van der Waals surface area contributed by atoms with Gasteiger partial charge in [-0.05, 0) is 18.6 Å². The van der Waals surface area contributed by atoms with Gasteiger partial charge < -0.3 is 15.5 Å². The number of hydrogen-bond donors (Lipinski definition) is 3. The third-order valence-electron chi connectivity index (χ3n) is 2.18. The van der Waals surface area contributed by atoms with Crippen LogP contribution < -0.4 is 5.32 Å². The van der Waals surface area contributed by atoms with Crippen molar-refractivity contribution in [1.82, 2.24) is 4.98 Å². The van der Waals surface area contributed by atoms with Crippen molar-refractivity contribution in [3.8, 4) is 6.07 Å². The first-order valence-electron chi connectivity index (χ1n) is 5.11. The van der Waals surface area contributed by atoms with Crippen LogP contribution in [0.25, 0.3) is 0 Å². The Bertz CT molecular complexity index is 495. The number of pyridine rings is 1. The minimum Gasteiger partial charge on any atom is -0.481 e. The molecule has 1 unspecified atom stereocenters. The minimum absolute atomic E-state index is 0.0912. The second kappa shape index (κ2) is 6.20. The van der Waals surface area contributed by atoms with Crippen LogP contribution >= 0.6 is 0 Å². The average molecular weight is 249 g/mol. The second-order valence-corrected chi connectivity index (χ2v) is 3.48. The van der Waals surface area contributed by atoms with Crippen LogP contribution in [0.15, 0.2) is 18.3 Å². The first kappa shape index (κ1) is 13.4. The maximum absolute atomic E-state index is 10.9. The quantitative estimate of drug-likeness (QED) is 0.677. The van der Waals surface area contributed by atoms with Gasteiger partial charge in [0.05, 0.1) is 5.56 Å². The molecule has 3 N–H and O–H groups in total. The number of aromatic nitrogens is 1. The molecule has 0 amide bonds. The number of nitriles is 1. The predicted octanol–water partition coefficient (Wildman–Crippen LogP) is 0.683. The lowest BCUT2D eigenvalue weighted by Crippen LogP contribution is -2.30. The number of carboxylic acid groups (broad SMARTS) is 2. The molecule has 0 spiro atoms. The van der Waals surface area contributed by atoms with Crippen LogP contribution in [0.1, 0.15) is 18.4 Å². The van der Waals surface area contributed by atoms with Crippen LogP contribution in [0.3, 0.4) is 0 Å². The van der Waals surface area contributed by atoms with E-state index in [2.05, 4.69) is 10.3 Å². The van der Waals surface area contributed by atoms with Crippen molar-refractivity contribution in [3.63, 3.8) is 0 Å². The van der Waals surface area contributed by atoms with Crippen LogP contribution in [0.2, 0.25) is 0 Å². The third-order valence-corrected chi connectivity index (χ3v) is 2.18. The highest BCUT2D eigenvalue weighted by molar-refractivity contribution is 5.78. The number of anilines is 1. The molecule has 0 aromatic carbocycles. The summed E-state index contributed by atoms with van der Waals surface area (Å²) < 4.78 is 0. The molecule has 1 atom stereocenters. The molecule has 7 heteroatoms. The number of rotatable bonds is 6. The van der Waals surface area contributed by atoms with Crippen LogP contribution in [0.4, 0.5) is 5.82 Å². The molecule has 18 heavy (non-hydrogen) atoms. The van der Waals surface area contributed by atoms with Crippen molar-refractivity contribution < 1.29 is 19.8 Å². The lowest BCUT2D eigenvalue weighted by atomic mass is 10.1. The Morgan fingerprint density at radius 1 is 1.50 bits per heavy atom. The molecule has 1 aromatic heterocycles. The van der Waals surface area contributed by atoms with Gasteiger partial charge in [-0.3, -0.25) is 4.79 Å². The molecule has 0 aliphatic heterocycles. The smallest absolute Gasteiger partial charge is 0.326 e. The molecular weight excluding hydrogens is 238 g/mol. The molecular formula is C11H11N3O4. The molecule has 0 saturated heterocycles. The van der Waals surface area contributed by atoms with E-state index in [1.54, 1.807) is 6.07 Å². The molecule has 1 heterocycles. The lowest BCUT2D eigenvalue weighted by molar-refractivity contribution is -0.139. The average Bonchev–Trinajstić information content (AvgIpc) is 2.34. The normalized spacial score (nSPS) is 11.3. The Balaban J connectivity index is 2.80. The summed E-state index contributed by atoms with van der Waals surface area (Å²) in [5.41, 5.74) is 0.207. The van der Waals surface area contributed by atoms with E-state index in [1.807, 2.05) is 6.07 Å². The van der Waals surface area contributed by atoms with Gasteiger partial charge in [0.15, 0.2) is 0 Å². The predicted molar refractivity (Wildman–Crippen MR) is 60.9 cm³/mol. The minimum atomic E-state index is -1.19. The van der Waals surface area contributed by atoms with E-state index in [9.17, 15) is 9.59 Å². The monoisotopic (exact) mass is 249 g/mol. The largest absolute Gasteiger partial charge is 0.481 e. The van der Waals surface area contributed by atoms with Gasteiger partial charge in [0.1, 0.15) is 17.9 Å². The van der Waals surface area contributed by atoms with Crippen LogP contribution in [-0.4, -0.2) is 33.2 Å². The second-order valence-electron chi connectivity index (χ2n) is 3.48. The van der Waals surface area contributed by atoms with Gasteiger partial charge in [-0.2, -0.15) is 5.26 Å². The van der Waals surface area contributed by atoms with E-state index in [0.717, 1.165) is 0 Å². The van der Waals surface area contributed by atoms with Crippen molar-refractivity contribution in [2.24, 2.45) is 0 Å². The summed E-state index contributed by atoms with van der Waals surface area (Å²) in [7, 11) is 0. The highest BCUT2D eigenvalue weighted by Crippen LogP contribution is 2.13. The number of nitrogens with zero attached hydrogens (tertiary/aromatic N) is 2. The Hall–Kier alpha value is -2.62. The van der Waals surface area contributed by atoms with E-state index in [4.69, 9.17) is 15.5 Å². The molecule has 94 valence electrons. The fourth-order valence-corrected chi connectivity index (χ4v) is 1.30. The zero-order chi connectivity index (χ0) is 13.5. The van der Waals surface area contributed by atoms with E-state index < -0.39 is 18.0 Å². The van der Waals surface area contributed by atoms with E-state index >= 15 is 0 Å². The van der Waals surface area contributed by atoms with Crippen LogP contribution in [-0.2, 0) is 9.59 Å². The van der Waals surface area contributed by atoms with E-state index in [0.29, 0.717) is 0 Å². The fourth-order valence-electron chi connectivity index (χ4n) is 1.30. The topological polar surface area (TPSA) is 123 Å². The molecule has 0 saturated carbocycles. The van der Waals surface area contributed by atoms with Gasteiger partial charge in [0, 0.05) is 12.6 Å². The van der Waals surface area contributed by atoms with Gasteiger partial charge >= 0.3 is 11.9 Å². The van der Waals surface area contributed by atoms with Crippen molar-refractivity contribution in [3.05, 3.63) is 23.9 Å². The van der Waals surface area contributed by atoms with Crippen molar-refractivity contribution in [2.45, 2.75) is 18.9 Å². The molecule has 1 rings (SSSR count). The van der Waals surface area contributed by atoms with Crippen molar-refractivity contribution in [2.75, 3.05) is 5.32 Å². The lowest BCUT2D eigenvalue weighted by Gasteiger charge is -2.14. The molecule has 0 radical (unpaired) electrons. The Labute approximate surface area is 103 Å². The molecule has 1 aromatic rings. The first-order chi connectivity index (χ1) is 8.54. The Morgan fingerprint density at radius 2 is 2.22 bits per heavy atom. The fraction of sp³-hybridized carbons (Fsp3) is 0.273. The summed E-state index contributed by atoms with van der Waals surface area (Å²) in [4.78, 5) is 25.2. The first-order valence-corrected chi connectivity index (χ1v) is 5.11. The van der Waals surface area contributed by atoms with Gasteiger partial charge in [0.2, 0.25) is 0 Å². The van der Waals surface area contributed by atoms with Gasteiger partial charge in [0.25, 0.3) is 0 Å².